The van der Waals surface area contributed by atoms with Crippen molar-refractivity contribution < 1.29 is 28.9 Å². The minimum absolute atomic E-state index is 0.0269. The molecule has 2 aliphatic rings. The third kappa shape index (κ3) is 9.52. The molecule has 0 atom stereocenters. The summed E-state index contributed by atoms with van der Waals surface area (Å²) in [5.74, 6) is 1.07. The number of methoxy groups -OCH3 is 2. The van der Waals surface area contributed by atoms with Crippen LogP contribution in [0.5, 0.6) is 11.6 Å². The molecule has 55 heavy (non-hydrogen) atoms. The molecule has 3 heterocycles. The largest absolute Gasteiger partial charge is 0.496 e. The first kappa shape index (κ1) is 40.2. The lowest BCUT2D eigenvalue weighted by atomic mass is 9.99. The molecule has 2 N–H and O–H groups in total. The first-order valence-corrected chi connectivity index (χ1v) is 19.3. The SMILES string of the molecule is COc1cc(-c2nccc(-c3cccc(-c4ccc(CN(C(=O)OC(C)(C)C)C5CCN(C(C)=O)CC5)c(OC)n4)c3Cl)c2Cl)ccc1CNCC1(O)CC1. The highest BCUT2D eigenvalue weighted by molar-refractivity contribution is 6.39. The van der Waals surface area contributed by atoms with Gasteiger partial charge in [-0.25, -0.2) is 9.78 Å². The lowest BCUT2D eigenvalue weighted by Crippen LogP contribution is -2.49. The van der Waals surface area contributed by atoms with E-state index in [1.54, 1.807) is 37.1 Å². The molecule has 0 bridgehead atoms. The van der Waals surface area contributed by atoms with E-state index < -0.39 is 17.3 Å². The molecule has 6 rings (SSSR count). The van der Waals surface area contributed by atoms with E-state index in [1.165, 1.54) is 0 Å². The van der Waals surface area contributed by atoms with Crippen LogP contribution in [-0.2, 0) is 22.6 Å². The maximum absolute atomic E-state index is 13.6. The van der Waals surface area contributed by atoms with Crippen molar-refractivity contribution in [2.75, 3.05) is 33.9 Å². The molecule has 2 fully saturated rings. The van der Waals surface area contributed by atoms with Crippen molar-refractivity contribution in [3.8, 4) is 45.3 Å². The third-order valence-corrected chi connectivity index (χ3v) is 10.9. The van der Waals surface area contributed by atoms with E-state index >= 15 is 0 Å². The third-order valence-electron chi connectivity index (χ3n) is 10.1. The van der Waals surface area contributed by atoms with Gasteiger partial charge >= 0.3 is 6.09 Å². The number of benzene rings is 2. The van der Waals surface area contributed by atoms with Crippen molar-refractivity contribution >= 4 is 35.2 Å². The molecule has 1 aliphatic heterocycles. The van der Waals surface area contributed by atoms with Crippen LogP contribution >= 0.6 is 23.2 Å². The Hall–Kier alpha value is -4.42. The standard InChI is InChI=1S/C42H49Cl2N5O6/c1-26(50)48-20-15-30(16-21-48)49(40(51)55-41(2,3)4)24-29-12-13-34(47-39(29)54-6)33-9-7-8-31(36(33)43)32-14-19-46-38(37(32)44)27-10-11-28(35(22-27)53-5)23-45-25-42(52)17-18-42/h7-14,19,22,30,45,52H,15-18,20-21,23-25H2,1-6H3. The van der Waals surface area contributed by atoms with Crippen molar-refractivity contribution in [2.24, 2.45) is 0 Å². The summed E-state index contributed by atoms with van der Waals surface area (Å²) < 4.78 is 17.3. The van der Waals surface area contributed by atoms with E-state index in [-0.39, 0.29) is 18.5 Å². The van der Waals surface area contributed by atoms with Gasteiger partial charge in [0.1, 0.15) is 11.4 Å². The number of carbonyl (C=O) groups is 2. The van der Waals surface area contributed by atoms with Crippen LogP contribution < -0.4 is 14.8 Å². The first-order chi connectivity index (χ1) is 26.2. The second-order valence-corrected chi connectivity index (χ2v) is 16.0. The molecule has 292 valence electrons. The Labute approximate surface area is 332 Å². The van der Waals surface area contributed by atoms with E-state index in [0.29, 0.717) is 94.3 Å². The number of likely N-dealkylation sites (tertiary alicyclic amines) is 1. The summed E-state index contributed by atoms with van der Waals surface area (Å²) in [7, 11) is 3.17. The minimum atomic E-state index is -0.683. The van der Waals surface area contributed by atoms with Crippen LogP contribution in [-0.4, -0.2) is 88.0 Å². The fourth-order valence-electron chi connectivity index (χ4n) is 6.84. The van der Waals surface area contributed by atoms with Crippen LogP contribution in [0.1, 0.15) is 64.5 Å². The number of aliphatic hydroxyl groups is 1. The molecule has 0 unspecified atom stereocenters. The molecular weight excluding hydrogens is 741 g/mol. The number of hydrogen-bond donors (Lipinski definition) is 2. The van der Waals surface area contributed by atoms with Gasteiger partial charge in [0.25, 0.3) is 0 Å². The summed E-state index contributed by atoms with van der Waals surface area (Å²) in [4.78, 5) is 38.5. The molecule has 0 radical (unpaired) electrons. The smallest absolute Gasteiger partial charge is 0.410 e. The van der Waals surface area contributed by atoms with E-state index in [9.17, 15) is 14.7 Å². The minimum Gasteiger partial charge on any atom is -0.496 e. The van der Waals surface area contributed by atoms with Gasteiger partial charge in [-0.3, -0.25) is 9.78 Å². The molecule has 1 aliphatic carbocycles. The number of pyridine rings is 2. The van der Waals surface area contributed by atoms with Crippen molar-refractivity contribution in [2.45, 2.75) is 83.7 Å². The lowest BCUT2D eigenvalue weighted by Gasteiger charge is -2.39. The van der Waals surface area contributed by atoms with E-state index in [0.717, 1.165) is 24.0 Å². The number of carbonyl (C=O) groups excluding carboxylic acids is 2. The predicted molar refractivity (Wildman–Crippen MR) is 214 cm³/mol. The molecular formula is C42H49Cl2N5O6. The monoisotopic (exact) mass is 789 g/mol. The maximum atomic E-state index is 13.6. The summed E-state index contributed by atoms with van der Waals surface area (Å²) in [6.45, 7) is 9.52. The Bertz CT molecular complexity index is 2040. The Morgan fingerprint density at radius 1 is 0.964 bits per heavy atom. The van der Waals surface area contributed by atoms with Gasteiger partial charge in [0.05, 0.1) is 47.8 Å². The van der Waals surface area contributed by atoms with Gasteiger partial charge in [0, 0.05) is 78.7 Å². The van der Waals surface area contributed by atoms with Crippen molar-refractivity contribution in [3.63, 3.8) is 0 Å². The Balaban J connectivity index is 1.26. The average Bonchev–Trinajstić information content (AvgIpc) is 3.90. The summed E-state index contributed by atoms with van der Waals surface area (Å²) in [6, 6.07) is 17.0. The molecule has 11 nitrogen and oxygen atoms in total. The highest BCUT2D eigenvalue weighted by atomic mass is 35.5. The van der Waals surface area contributed by atoms with Gasteiger partial charge in [0.2, 0.25) is 11.8 Å². The van der Waals surface area contributed by atoms with E-state index in [1.807, 2.05) is 75.4 Å². The van der Waals surface area contributed by atoms with Crippen LogP contribution in [0.2, 0.25) is 10.0 Å². The summed E-state index contributed by atoms with van der Waals surface area (Å²) in [6.07, 6.45) is 4.19. The summed E-state index contributed by atoms with van der Waals surface area (Å²) in [5.41, 5.74) is 4.42. The maximum Gasteiger partial charge on any atom is 0.410 e. The molecule has 2 amide bonds. The molecule has 1 saturated carbocycles. The number of nitrogens with one attached hydrogen (secondary N) is 1. The lowest BCUT2D eigenvalue weighted by molar-refractivity contribution is -0.130. The fourth-order valence-corrected chi connectivity index (χ4v) is 7.48. The van der Waals surface area contributed by atoms with Crippen LogP contribution in [0.3, 0.4) is 0 Å². The average molecular weight is 791 g/mol. The molecule has 4 aromatic rings. The second-order valence-electron chi connectivity index (χ2n) is 15.3. The Kier molecular flexibility index (Phi) is 12.3. The molecule has 1 saturated heterocycles. The van der Waals surface area contributed by atoms with Gasteiger partial charge in [0.15, 0.2) is 0 Å². The van der Waals surface area contributed by atoms with Crippen molar-refractivity contribution in [1.82, 2.24) is 25.1 Å². The van der Waals surface area contributed by atoms with Crippen molar-refractivity contribution in [3.05, 3.63) is 82.0 Å². The molecule has 0 spiro atoms. The quantitative estimate of drug-likeness (QED) is 0.146. The van der Waals surface area contributed by atoms with Crippen LogP contribution in [0.25, 0.3) is 33.6 Å². The van der Waals surface area contributed by atoms with Crippen LogP contribution in [0, 0.1) is 0 Å². The van der Waals surface area contributed by atoms with Crippen LogP contribution in [0.15, 0.2) is 60.8 Å². The predicted octanol–water partition coefficient (Wildman–Crippen LogP) is 8.16. The number of amides is 2. The molecule has 13 heteroatoms. The number of hydrogen-bond acceptors (Lipinski definition) is 9. The summed E-state index contributed by atoms with van der Waals surface area (Å²) in [5, 5.41) is 14.4. The Morgan fingerprint density at radius 3 is 2.31 bits per heavy atom. The highest BCUT2D eigenvalue weighted by Gasteiger charge is 2.39. The number of piperidine rings is 1. The number of ether oxygens (including phenoxy) is 3. The van der Waals surface area contributed by atoms with Crippen molar-refractivity contribution in [1.29, 1.82) is 0 Å². The van der Waals surface area contributed by atoms with Gasteiger partial charge in [-0.2, -0.15) is 0 Å². The zero-order valence-electron chi connectivity index (χ0n) is 32.2. The topological polar surface area (TPSA) is 126 Å². The zero-order valence-corrected chi connectivity index (χ0v) is 33.8. The van der Waals surface area contributed by atoms with Gasteiger partial charge < -0.3 is 34.4 Å². The first-order valence-electron chi connectivity index (χ1n) is 18.5. The zero-order chi connectivity index (χ0) is 39.5. The van der Waals surface area contributed by atoms with Gasteiger partial charge in [-0.1, -0.05) is 53.5 Å². The number of aromatic nitrogens is 2. The molecule has 2 aromatic carbocycles. The second kappa shape index (κ2) is 16.8. The number of nitrogens with zero attached hydrogens (tertiary/aromatic N) is 4. The van der Waals surface area contributed by atoms with Gasteiger partial charge in [-0.15, -0.1) is 0 Å². The van der Waals surface area contributed by atoms with E-state index in [2.05, 4.69) is 10.3 Å². The van der Waals surface area contributed by atoms with E-state index in [4.69, 9.17) is 42.4 Å². The highest BCUT2D eigenvalue weighted by Crippen LogP contribution is 2.42. The fraction of sp³-hybridized carbons (Fsp3) is 0.429. The summed E-state index contributed by atoms with van der Waals surface area (Å²) >= 11 is 14.3. The Morgan fingerprint density at radius 2 is 1.65 bits per heavy atom. The molecule has 2 aromatic heterocycles. The number of halogens is 2. The number of rotatable bonds is 12. The van der Waals surface area contributed by atoms with Gasteiger partial charge in [-0.05, 0) is 70.7 Å². The van der Waals surface area contributed by atoms with Crippen LogP contribution in [0.4, 0.5) is 4.79 Å². The normalized spacial score (nSPS) is 15.4.